The number of benzene rings is 2. The van der Waals surface area contributed by atoms with E-state index >= 15 is 0 Å². The van der Waals surface area contributed by atoms with Gasteiger partial charge in [-0.25, -0.2) is 0 Å². The predicted molar refractivity (Wildman–Crippen MR) is 89.6 cm³/mol. The van der Waals surface area contributed by atoms with Crippen LogP contribution in [0.4, 0.5) is 0 Å². The third-order valence-corrected chi connectivity index (χ3v) is 5.04. The van der Waals surface area contributed by atoms with E-state index in [0.29, 0.717) is 5.92 Å². The van der Waals surface area contributed by atoms with E-state index in [2.05, 4.69) is 54.6 Å². The van der Waals surface area contributed by atoms with Crippen molar-refractivity contribution in [1.82, 2.24) is 0 Å². The van der Waals surface area contributed by atoms with Gasteiger partial charge in [0.1, 0.15) is 0 Å². The Morgan fingerprint density at radius 2 is 1.64 bits per heavy atom. The van der Waals surface area contributed by atoms with Gasteiger partial charge in [0.05, 0.1) is 0 Å². The molecule has 0 fully saturated rings. The van der Waals surface area contributed by atoms with E-state index in [0.717, 1.165) is 0 Å². The molecule has 0 spiro atoms. The zero-order chi connectivity index (χ0) is 14.1. The SMILES string of the molecule is C1=CC(CCc2ccccc2)c2cc3c(cc21)CCCC3.[Hf]. The second-order valence-electron chi connectivity index (χ2n) is 6.45. The summed E-state index contributed by atoms with van der Waals surface area (Å²) in [6.45, 7) is 0. The number of fused-ring (bicyclic) bond motifs is 2. The van der Waals surface area contributed by atoms with E-state index in [1.165, 1.54) is 49.7 Å². The molecule has 0 N–H and O–H groups in total. The molecule has 4 rings (SSSR count). The Labute approximate surface area is 152 Å². The third kappa shape index (κ3) is 3.20. The summed E-state index contributed by atoms with van der Waals surface area (Å²) in [4.78, 5) is 0. The number of allylic oxidation sites excluding steroid dienone is 1. The molecule has 1 unspecified atom stereocenters. The molecule has 1 atom stereocenters. The minimum absolute atomic E-state index is 0. The molecule has 0 radical (unpaired) electrons. The van der Waals surface area contributed by atoms with Crippen molar-refractivity contribution in [2.45, 2.75) is 44.4 Å². The summed E-state index contributed by atoms with van der Waals surface area (Å²) in [5.74, 6) is 0.618. The van der Waals surface area contributed by atoms with Gasteiger partial charge in [-0.2, -0.15) is 0 Å². The number of aryl methyl sites for hydroxylation is 3. The van der Waals surface area contributed by atoms with Crippen LogP contribution in [0, 0.1) is 0 Å². The van der Waals surface area contributed by atoms with Crippen molar-refractivity contribution in [1.29, 1.82) is 0 Å². The van der Waals surface area contributed by atoms with Gasteiger partial charge >= 0.3 is 0 Å². The molecular formula is C21H22Hf. The largest absolute Gasteiger partial charge is 0.0764 e. The number of rotatable bonds is 3. The van der Waals surface area contributed by atoms with Crippen molar-refractivity contribution in [3.8, 4) is 0 Å². The van der Waals surface area contributed by atoms with Crippen LogP contribution in [0.1, 0.15) is 53.0 Å². The van der Waals surface area contributed by atoms with Gasteiger partial charge in [0.2, 0.25) is 0 Å². The van der Waals surface area contributed by atoms with Gasteiger partial charge in [-0.3, -0.25) is 0 Å². The average Bonchev–Trinajstić information content (AvgIpc) is 2.94. The molecule has 0 bridgehead atoms. The minimum Gasteiger partial charge on any atom is -0.0764 e. The van der Waals surface area contributed by atoms with Gasteiger partial charge in [-0.05, 0) is 66.3 Å². The molecule has 0 saturated carbocycles. The molecule has 0 amide bonds. The Hall–Kier alpha value is -0.950. The summed E-state index contributed by atoms with van der Waals surface area (Å²) in [6.07, 6.45) is 12.5. The summed E-state index contributed by atoms with van der Waals surface area (Å²) < 4.78 is 0. The van der Waals surface area contributed by atoms with Crippen molar-refractivity contribution >= 4 is 6.08 Å². The fraction of sp³-hybridized carbons (Fsp3) is 0.333. The zero-order valence-electron chi connectivity index (χ0n) is 13.0. The zero-order valence-corrected chi connectivity index (χ0v) is 16.6. The Kier molecular flexibility index (Phi) is 5.13. The molecule has 1 heteroatoms. The maximum absolute atomic E-state index is 2.51. The van der Waals surface area contributed by atoms with Crippen LogP contribution in [-0.4, -0.2) is 0 Å². The summed E-state index contributed by atoms with van der Waals surface area (Å²) >= 11 is 0. The summed E-state index contributed by atoms with van der Waals surface area (Å²) in [5.41, 5.74) is 7.74. The van der Waals surface area contributed by atoms with Crippen LogP contribution < -0.4 is 0 Å². The third-order valence-electron chi connectivity index (χ3n) is 5.04. The van der Waals surface area contributed by atoms with Crippen LogP contribution in [0.2, 0.25) is 0 Å². The first-order valence-corrected chi connectivity index (χ1v) is 8.28. The van der Waals surface area contributed by atoms with Crippen LogP contribution in [0.15, 0.2) is 48.5 Å². The molecule has 0 nitrogen and oxygen atoms in total. The van der Waals surface area contributed by atoms with Crippen LogP contribution in [-0.2, 0) is 45.1 Å². The quantitative estimate of drug-likeness (QED) is 0.554. The van der Waals surface area contributed by atoms with Crippen molar-refractivity contribution in [3.63, 3.8) is 0 Å². The van der Waals surface area contributed by atoms with E-state index in [1.54, 1.807) is 16.7 Å². The van der Waals surface area contributed by atoms with Gasteiger partial charge in [0, 0.05) is 31.8 Å². The molecule has 2 aliphatic rings. The molecule has 0 aliphatic heterocycles. The molecule has 0 saturated heterocycles. The maximum atomic E-state index is 2.51. The van der Waals surface area contributed by atoms with Crippen molar-refractivity contribution in [3.05, 3.63) is 76.4 Å². The summed E-state index contributed by atoms with van der Waals surface area (Å²) in [6, 6.07) is 15.8. The average molecular weight is 453 g/mol. The van der Waals surface area contributed by atoms with Crippen LogP contribution in [0.3, 0.4) is 0 Å². The fourth-order valence-electron chi connectivity index (χ4n) is 3.83. The first-order valence-electron chi connectivity index (χ1n) is 8.28. The van der Waals surface area contributed by atoms with E-state index in [1.807, 2.05) is 0 Å². The van der Waals surface area contributed by atoms with Gasteiger partial charge < -0.3 is 0 Å². The van der Waals surface area contributed by atoms with Gasteiger partial charge in [-0.15, -0.1) is 0 Å². The van der Waals surface area contributed by atoms with Crippen molar-refractivity contribution < 1.29 is 25.8 Å². The van der Waals surface area contributed by atoms with Crippen LogP contribution >= 0.6 is 0 Å². The minimum atomic E-state index is 0. The van der Waals surface area contributed by atoms with E-state index in [9.17, 15) is 0 Å². The smallest absolute Gasteiger partial charge is 0.00305 e. The fourth-order valence-corrected chi connectivity index (χ4v) is 3.83. The first kappa shape index (κ1) is 15.9. The number of hydrogen-bond acceptors (Lipinski definition) is 0. The molecule has 110 valence electrons. The topological polar surface area (TPSA) is 0 Å². The van der Waals surface area contributed by atoms with Crippen molar-refractivity contribution in [2.75, 3.05) is 0 Å². The molecular weight excluding hydrogens is 431 g/mol. The summed E-state index contributed by atoms with van der Waals surface area (Å²) in [7, 11) is 0. The second kappa shape index (κ2) is 7.08. The maximum Gasteiger partial charge on any atom is 0.00305 e. The van der Waals surface area contributed by atoms with Gasteiger partial charge in [0.15, 0.2) is 0 Å². The van der Waals surface area contributed by atoms with E-state index < -0.39 is 0 Å². The standard InChI is InChI=1S/C21H22.Hf/c1-2-6-16(7-3-1)10-11-17-12-13-20-14-18-8-4-5-9-19(18)15-21(17)20;/h1-3,6-7,12-15,17H,4-5,8-11H2;. The van der Waals surface area contributed by atoms with Crippen LogP contribution in [0.25, 0.3) is 6.08 Å². The molecule has 0 heterocycles. The Bertz CT molecular complexity index is 670. The Balaban J connectivity index is 0.00000144. The predicted octanol–water partition coefficient (Wildman–Crippen LogP) is 5.31. The van der Waals surface area contributed by atoms with E-state index in [-0.39, 0.29) is 25.8 Å². The Morgan fingerprint density at radius 1 is 0.909 bits per heavy atom. The van der Waals surface area contributed by atoms with E-state index in [4.69, 9.17) is 0 Å². The first-order chi connectivity index (χ1) is 10.4. The molecule has 2 aliphatic carbocycles. The number of hydrogen-bond donors (Lipinski definition) is 0. The molecule has 2 aromatic rings. The summed E-state index contributed by atoms with van der Waals surface area (Å²) in [5, 5.41) is 0. The monoisotopic (exact) mass is 454 g/mol. The Morgan fingerprint density at radius 3 is 2.41 bits per heavy atom. The van der Waals surface area contributed by atoms with Crippen molar-refractivity contribution in [2.24, 2.45) is 0 Å². The molecule has 22 heavy (non-hydrogen) atoms. The van der Waals surface area contributed by atoms with Crippen LogP contribution in [0.5, 0.6) is 0 Å². The molecule has 0 aromatic heterocycles. The normalized spacial score (nSPS) is 18.5. The molecule has 2 aromatic carbocycles. The second-order valence-corrected chi connectivity index (χ2v) is 6.45. The van der Waals surface area contributed by atoms with Gasteiger partial charge in [-0.1, -0.05) is 54.6 Å². The van der Waals surface area contributed by atoms with Gasteiger partial charge in [0.25, 0.3) is 0 Å².